The molecule has 0 bridgehead atoms. The van der Waals surface area contributed by atoms with Crippen molar-refractivity contribution < 1.29 is 19.2 Å². The number of carbonyl (C=O) groups excluding carboxylic acids is 4. The SMILES string of the molecule is Cc1sc2c(c1C)C(c1ccc(Cl)cc1)=N[C@@H](CC(=O)NCCCSc1cccc3c1CN(C1CCC(=O)NC1=O)C3=O)c1nnc(C)n1-2. The molecule has 252 valence electrons. The first kappa shape index (κ1) is 33.2. The topological polar surface area (TPSA) is 139 Å². The molecule has 3 aliphatic rings. The van der Waals surface area contributed by atoms with Crippen LogP contribution in [-0.4, -0.2) is 67.3 Å². The fourth-order valence-electron chi connectivity index (χ4n) is 6.55. The second-order valence-electron chi connectivity index (χ2n) is 12.3. The van der Waals surface area contributed by atoms with E-state index in [1.807, 2.05) is 47.9 Å². The van der Waals surface area contributed by atoms with Gasteiger partial charge in [-0.15, -0.1) is 33.3 Å². The molecule has 2 aromatic carbocycles. The number of hydrogen-bond donors (Lipinski definition) is 2. The molecule has 2 N–H and O–H groups in total. The highest BCUT2D eigenvalue weighted by atomic mass is 35.5. The van der Waals surface area contributed by atoms with Crippen molar-refractivity contribution in [1.82, 2.24) is 30.3 Å². The van der Waals surface area contributed by atoms with Gasteiger partial charge in [0.25, 0.3) is 5.91 Å². The minimum atomic E-state index is -0.649. The van der Waals surface area contributed by atoms with Gasteiger partial charge in [0.05, 0.1) is 12.1 Å². The number of piperidine rings is 1. The van der Waals surface area contributed by atoms with Crippen molar-refractivity contribution in [3.05, 3.63) is 91.8 Å². The lowest BCUT2D eigenvalue weighted by Gasteiger charge is -2.29. The molecule has 4 aromatic rings. The molecule has 4 amide bonds. The van der Waals surface area contributed by atoms with Gasteiger partial charge in [0.1, 0.15) is 22.9 Å². The molecule has 5 heterocycles. The van der Waals surface area contributed by atoms with Crippen LogP contribution in [0.4, 0.5) is 0 Å². The summed E-state index contributed by atoms with van der Waals surface area (Å²) in [5.41, 5.74) is 5.35. The van der Waals surface area contributed by atoms with Gasteiger partial charge < -0.3 is 10.2 Å². The number of thioether (sulfide) groups is 1. The predicted octanol–water partition coefficient (Wildman–Crippen LogP) is 5.25. The number of imide groups is 1. The molecule has 0 radical (unpaired) electrons. The highest BCUT2D eigenvalue weighted by Crippen LogP contribution is 2.40. The summed E-state index contributed by atoms with van der Waals surface area (Å²) in [5.74, 6) is 1.04. The maximum Gasteiger partial charge on any atom is 0.255 e. The number of nitrogens with zero attached hydrogens (tertiary/aromatic N) is 5. The third-order valence-corrected chi connectivity index (χ3v) is 11.8. The van der Waals surface area contributed by atoms with Gasteiger partial charge >= 0.3 is 0 Å². The van der Waals surface area contributed by atoms with Crippen LogP contribution in [0.15, 0.2) is 52.4 Å². The molecule has 7 rings (SSSR count). The Labute approximate surface area is 296 Å². The number of hydrogen-bond acceptors (Lipinski definition) is 9. The number of aliphatic imine (C=N–C) groups is 1. The van der Waals surface area contributed by atoms with E-state index in [2.05, 4.69) is 34.7 Å². The van der Waals surface area contributed by atoms with Gasteiger partial charge in [0.2, 0.25) is 17.7 Å². The number of rotatable bonds is 9. The van der Waals surface area contributed by atoms with Crippen molar-refractivity contribution in [2.75, 3.05) is 12.3 Å². The van der Waals surface area contributed by atoms with Crippen LogP contribution in [0.1, 0.15) is 80.9 Å². The molecule has 1 fully saturated rings. The normalized spacial score (nSPS) is 18.4. The third kappa shape index (κ3) is 6.30. The van der Waals surface area contributed by atoms with Crippen molar-refractivity contribution in [2.24, 2.45) is 4.99 Å². The van der Waals surface area contributed by atoms with Crippen LogP contribution >= 0.6 is 34.7 Å². The average molecular weight is 716 g/mol. The van der Waals surface area contributed by atoms with Gasteiger partial charge in [0.15, 0.2) is 5.82 Å². The van der Waals surface area contributed by atoms with Crippen LogP contribution in [0, 0.1) is 20.8 Å². The quantitative estimate of drug-likeness (QED) is 0.137. The second-order valence-corrected chi connectivity index (χ2v) is 15.1. The van der Waals surface area contributed by atoms with Crippen LogP contribution in [0.5, 0.6) is 0 Å². The van der Waals surface area contributed by atoms with E-state index in [0.29, 0.717) is 42.3 Å². The summed E-state index contributed by atoms with van der Waals surface area (Å²) >= 11 is 9.51. The van der Waals surface area contributed by atoms with Crippen molar-refractivity contribution in [3.63, 3.8) is 0 Å². The maximum absolute atomic E-state index is 13.4. The van der Waals surface area contributed by atoms with Crippen molar-refractivity contribution in [3.8, 4) is 5.00 Å². The third-order valence-electron chi connectivity index (χ3n) is 9.18. The molecule has 2 atom stereocenters. The molecule has 11 nitrogen and oxygen atoms in total. The van der Waals surface area contributed by atoms with Gasteiger partial charge in [-0.25, -0.2) is 0 Å². The van der Waals surface area contributed by atoms with Gasteiger partial charge in [-0.05, 0) is 74.8 Å². The number of nitrogens with one attached hydrogen (secondary N) is 2. The lowest BCUT2D eigenvalue weighted by atomic mass is 9.99. The molecule has 0 saturated carbocycles. The van der Waals surface area contributed by atoms with E-state index in [1.165, 1.54) is 4.88 Å². The minimum absolute atomic E-state index is 0.111. The van der Waals surface area contributed by atoms with Gasteiger partial charge in [-0.3, -0.25) is 34.1 Å². The van der Waals surface area contributed by atoms with E-state index in [1.54, 1.807) is 34.1 Å². The Hall–Kier alpha value is -4.33. The summed E-state index contributed by atoms with van der Waals surface area (Å²) in [7, 11) is 0. The lowest BCUT2D eigenvalue weighted by Crippen LogP contribution is -2.52. The zero-order chi connectivity index (χ0) is 34.4. The van der Waals surface area contributed by atoms with E-state index in [4.69, 9.17) is 16.6 Å². The number of carbonyl (C=O) groups is 4. The van der Waals surface area contributed by atoms with E-state index < -0.39 is 18.0 Å². The number of thiophene rings is 1. The van der Waals surface area contributed by atoms with Crippen LogP contribution in [0.3, 0.4) is 0 Å². The Morgan fingerprint density at radius 3 is 2.67 bits per heavy atom. The van der Waals surface area contributed by atoms with Crippen LogP contribution in [-0.2, 0) is 20.9 Å². The van der Waals surface area contributed by atoms with Gasteiger partial charge in [0, 0.05) is 51.0 Å². The fourth-order valence-corrected chi connectivity index (χ4v) is 8.93. The Morgan fingerprint density at radius 2 is 1.90 bits per heavy atom. The van der Waals surface area contributed by atoms with Crippen molar-refractivity contribution in [2.45, 2.75) is 70.0 Å². The smallest absolute Gasteiger partial charge is 0.255 e. The zero-order valence-electron chi connectivity index (χ0n) is 27.2. The molecule has 49 heavy (non-hydrogen) atoms. The first-order valence-corrected chi connectivity index (χ1v) is 18.3. The number of benzene rings is 2. The van der Waals surface area contributed by atoms with Crippen LogP contribution in [0.25, 0.3) is 5.00 Å². The standard InChI is InChI=1S/C35H34ClN7O4S2/c1-18-19(2)49-35-30(18)31(21-8-10-22(36)11-9-21)38-25(32-41-40-20(3)43(32)35)16-29(45)37-14-5-15-48-27-7-4-6-23-24(27)17-42(34(23)47)26-12-13-28(44)39-33(26)46/h4,6-11,25-26H,5,12-17H2,1-3H3,(H,37,45)(H,39,44,46)/t25-,26?/m0/s1. The molecular weight excluding hydrogens is 682 g/mol. The molecule has 2 aromatic heterocycles. The molecule has 1 unspecified atom stereocenters. The second kappa shape index (κ2) is 13.5. The first-order chi connectivity index (χ1) is 23.6. The molecule has 14 heteroatoms. The average Bonchev–Trinajstić information content (AvgIpc) is 3.69. The fraction of sp³-hybridized carbons (Fsp3) is 0.343. The monoisotopic (exact) mass is 715 g/mol. The van der Waals surface area contributed by atoms with Crippen LogP contribution in [0.2, 0.25) is 5.02 Å². The maximum atomic E-state index is 13.4. The van der Waals surface area contributed by atoms with E-state index >= 15 is 0 Å². The largest absolute Gasteiger partial charge is 0.356 e. The van der Waals surface area contributed by atoms with Gasteiger partial charge in [-0.2, -0.15) is 0 Å². The lowest BCUT2D eigenvalue weighted by molar-refractivity contribution is -0.137. The number of aromatic nitrogens is 3. The number of aryl methyl sites for hydroxylation is 2. The summed E-state index contributed by atoms with van der Waals surface area (Å²) in [6.45, 7) is 6.90. The molecular formula is C35H34ClN7O4S2. The Bertz CT molecular complexity index is 2040. The van der Waals surface area contributed by atoms with E-state index in [-0.39, 0.29) is 30.6 Å². The van der Waals surface area contributed by atoms with Crippen molar-refractivity contribution >= 4 is 64.0 Å². The summed E-state index contributed by atoms with van der Waals surface area (Å²) in [6.07, 6.45) is 1.36. The number of fused-ring (bicyclic) bond motifs is 4. The summed E-state index contributed by atoms with van der Waals surface area (Å²) in [6, 6.07) is 12.0. The summed E-state index contributed by atoms with van der Waals surface area (Å²) in [4.78, 5) is 59.5. The highest BCUT2D eigenvalue weighted by molar-refractivity contribution is 7.99. The highest BCUT2D eigenvalue weighted by Gasteiger charge is 2.40. The minimum Gasteiger partial charge on any atom is -0.356 e. The Balaban J connectivity index is 1.01. The summed E-state index contributed by atoms with van der Waals surface area (Å²) < 4.78 is 2.03. The Morgan fingerprint density at radius 1 is 1.10 bits per heavy atom. The summed E-state index contributed by atoms with van der Waals surface area (Å²) in [5, 5.41) is 15.9. The van der Waals surface area contributed by atoms with E-state index in [0.717, 1.165) is 49.4 Å². The Kier molecular flexibility index (Phi) is 9.16. The zero-order valence-corrected chi connectivity index (χ0v) is 29.6. The van der Waals surface area contributed by atoms with Crippen molar-refractivity contribution in [1.29, 1.82) is 0 Å². The number of halogens is 1. The molecule has 3 aliphatic heterocycles. The van der Waals surface area contributed by atoms with Gasteiger partial charge in [-0.1, -0.05) is 29.8 Å². The predicted molar refractivity (Wildman–Crippen MR) is 189 cm³/mol. The van der Waals surface area contributed by atoms with Crippen LogP contribution < -0.4 is 10.6 Å². The molecule has 0 spiro atoms. The first-order valence-electron chi connectivity index (χ1n) is 16.1. The number of amides is 4. The van der Waals surface area contributed by atoms with E-state index in [9.17, 15) is 19.2 Å². The molecule has 0 aliphatic carbocycles. The molecule has 1 saturated heterocycles.